The molecule has 5 heteroatoms. The van der Waals surface area contributed by atoms with E-state index in [0.717, 1.165) is 56.9 Å². The van der Waals surface area contributed by atoms with E-state index in [1.54, 1.807) is 0 Å². The summed E-state index contributed by atoms with van der Waals surface area (Å²) in [6, 6.07) is 8.63. The Kier molecular flexibility index (Phi) is 7.24. The summed E-state index contributed by atoms with van der Waals surface area (Å²) in [5.74, 6) is 0.0389. The topological polar surface area (TPSA) is 40.5 Å². The number of benzene rings is 1. The molecule has 1 amide bonds. The number of hydrogen-bond acceptors (Lipinski definition) is 3. The van der Waals surface area contributed by atoms with Crippen LogP contribution in [0.4, 0.5) is 5.69 Å². The van der Waals surface area contributed by atoms with E-state index < -0.39 is 0 Å². The van der Waals surface area contributed by atoms with Crippen LogP contribution in [0.5, 0.6) is 0 Å². The van der Waals surface area contributed by atoms with E-state index in [1.165, 1.54) is 22.5 Å². The van der Waals surface area contributed by atoms with Crippen LogP contribution in [0.2, 0.25) is 0 Å². The highest BCUT2D eigenvalue weighted by atomic mass is 16.2. The van der Waals surface area contributed by atoms with Crippen LogP contribution in [0.15, 0.2) is 24.3 Å². The number of likely N-dealkylation sites (N-methyl/N-ethyl adjacent to an activating group) is 1. The van der Waals surface area contributed by atoms with Crippen LogP contribution in [0.1, 0.15) is 60.1 Å². The van der Waals surface area contributed by atoms with E-state index in [-0.39, 0.29) is 11.9 Å². The monoisotopic (exact) mass is 410 g/mol. The van der Waals surface area contributed by atoms with Gasteiger partial charge in [-0.2, -0.15) is 0 Å². The fraction of sp³-hybridized carbons (Fsp3) is 0.560. The van der Waals surface area contributed by atoms with Crippen LogP contribution in [0.3, 0.4) is 0 Å². The molecule has 1 N–H and O–H groups in total. The first-order valence-electron chi connectivity index (χ1n) is 11.4. The highest BCUT2D eigenvalue weighted by Crippen LogP contribution is 2.32. The number of nitrogens with zero attached hydrogens (tertiary/aromatic N) is 3. The van der Waals surface area contributed by atoms with Crippen molar-refractivity contribution in [3.8, 4) is 0 Å². The van der Waals surface area contributed by atoms with Gasteiger partial charge >= 0.3 is 0 Å². The zero-order valence-corrected chi connectivity index (χ0v) is 19.6. The Hall–Kier alpha value is -2.27. The maximum absolute atomic E-state index is 13.3. The van der Waals surface area contributed by atoms with Crippen LogP contribution in [-0.4, -0.2) is 54.1 Å². The van der Waals surface area contributed by atoms with Gasteiger partial charge in [-0.1, -0.05) is 38.1 Å². The number of carbonyl (C=O) groups excluding carboxylic acids is 1. The second-order valence-electron chi connectivity index (χ2n) is 8.62. The van der Waals surface area contributed by atoms with Gasteiger partial charge in [-0.05, 0) is 51.8 Å². The van der Waals surface area contributed by atoms with E-state index in [4.69, 9.17) is 0 Å². The van der Waals surface area contributed by atoms with Gasteiger partial charge in [0.2, 0.25) is 0 Å². The van der Waals surface area contributed by atoms with E-state index in [1.807, 2.05) is 0 Å². The molecule has 1 fully saturated rings. The Morgan fingerprint density at radius 2 is 1.73 bits per heavy atom. The van der Waals surface area contributed by atoms with Crippen LogP contribution in [0.25, 0.3) is 0 Å². The van der Waals surface area contributed by atoms with E-state index in [9.17, 15) is 4.79 Å². The Morgan fingerprint density at radius 1 is 1.07 bits per heavy atom. The highest BCUT2D eigenvalue weighted by molar-refractivity contribution is 5.96. The van der Waals surface area contributed by atoms with Crippen molar-refractivity contribution < 1.29 is 4.79 Å². The molecule has 0 radical (unpaired) electrons. The normalized spacial score (nSPS) is 16.0. The zero-order valence-electron chi connectivity index (χ0n) is 19.6. The van der Waals surface area contributed by atoms with Crippen molar-refractivity contribution in [1.29, 1.82) is 0 Å². The zero-order chi connectivity index (χ0) is 21.8. The molecule has 0 saturated carbocycles. The lowest BCUT2D eigenvalue weighted by molar-refractivity contribution is 0.0929. The molecule has 0 spiro atoms. The first-order chi connectivity index (χ1) is 14.4. The quantitative estimate of drug-likeness (QED) is 0.746. The SMILES string of the molecule is CC[C@@H](C)NC(=O)c1c(C)c(N2CCN(CC)CC2)c(C)n1Cc1ccccc1C. The molecule has 1 aromatic heterocycles. The molecule has 5 nitrogen and oxygen atoms in total. The average molecular weight is 411 g/mol. The summed E-state index contributed by atoms with van der Waals surface area (Å²) < 4.78 is 2.23. The molecule has 1 aliphatic rings. The number of nitrogens with one attached hydrogen (secondary N) is 1. The average Bonchev–Trinajstić information content (AvgIpc) is 2.99. The lowest BCUT2D eigenvalue weighted by atomic mass is 10.1. The molecule has 0 unspecified atom stereocenters. The number of aromatic nitrogens is 1. The number of amides is 1. The molecule has 1 saturated heterocycles. The smallest absolute Gasteiger partial charge is 0.268 e. The van der Waals surface area contributed by atoms with E-state index in [2.05, 4.69) is 85.5 Å². The highest BCUT2D eigenvalue weighted by Gasteiger charge is 2.28. The lowest BCUT2D eigenvalue weighted by Gasteiger charge is -2.36. The Bertz CT molecular complexity index is 878. The minimum absolute atomic E-state index is 0.0389. The molecule has 2 heterocycles. The maximum Gasteiger partial charge on any atom is 0.268 e. The Labute approximate surface area is 182 Å². The lowest BCUT2D eigenvalue weighted by Crippen LogP contribution is -2.46. The number of aryl methyl sites for hydroxylation is 1. The van der Waals surface area contributed by atoms with Crippen LogP contribution >= 0.6 is 0 Å². The first kappa shape index (κ1) is 22.4. The molecule has 0 aliphatic carbocycles. The summed E-state index contributed by atoms with van der Waals surface area (Å²) in [6.45, 7) is 18.8. The number of carbonyl (C=O) groups is 1. The predicted molar refractivity (Wildman–Crippen MR) is 126 cm³/mol. The van der Waals surface area contributed by atoms with Crippen molar-refractivity contribution >= 4 is 11.6 Å². The Morgan fingerprint density at radius 3 is 2.33 bits per heavy atom. The molecule has 1 aromatic carbocycles. The molecular formula is C25H38N4O. The Balaban J connectivity index is 2.02. The molecule has 3 rings (SSSR count). The molecule has 1 aliphatic heterocycles. The van der Waals surface area contributed by atoms with Gasteiger partial charge in [0.15, 0.2) is 0 Å². The largest absolute Gasteiger partial charge is 0.367 e. The minimum atomic E-state index is 0.0389. The number of hydrogen-bond donors (Lipinski definition) is 1. The van der Waals surface area contributed by atoms with Crippen LogP contribution in [-0.2, 0) is 6.54 Å². The summed E-state index contributed by atoms with van der Waals surface area (Å²) >= 11 is 0. The molecule has 30 heavy (non-hydrogen) atoms. The third-order valence-corrected chi connectivity index (χ3v) is 6.66. The van der Waals surface area contributed by atoms with Crippen molar-refractivity contribution in [3.05, 3.63) is 52.3 Å². The summed E-state index contributed by atoms with van der Waals surface area (Å²) in [5, 5.41) is 3.20. The summed E-state index contributed by atoms with van der Waals surface area (Å²) in [7, 11) is 0. The van der Waals surface area contributed by atoms with Crippen molar-refractivity contribution in [1.82, 2.24) is 14.8 Å². The van der Waals surface area contributed by atoms with Gasteiger partial charge in [0.1, 0.15) is 5.69 Å². The van der Waals surface area contributed by atoms with Crippen molar-refractivity contribution in [2.75, 3.05) is 37.6 Å². The number of rotatable bonds is 7. The molecule has 164 valence electrons. The maximum atomic E-state index is 13.3. The van der Waals surface area contributed by atoms with Crippen LogP contribution in [0, 0.1) is 20.8 Å². The molecular weight excluding hydrogens is 372 g/mol. The summed E-state index contributed by atoms with van der Waals surface area (Å²) in [6.07, 6.45) is 0.925. The molecule has 2 aromatic rings. The number of piperazine rings is 1. The van der Waals surface area contributed by atoms with Crippen LogP contribution < -0.4 is 10.2 Å². The molecule has 1 atom stereocenters. The second-order valence-corrected chi connectivity index (χ2v) is 8.62. The van der Waals surface area contributed by atoms with Crippen molar-refractivity contribution in [2.45, 2.75) is 60.5 Å². The van der Waals surface area contributed by atoms with Gasteiger partial charge in [0.25, 0.3) is 5.91 Å². The van der Waals surface area contributed by atoms with Crippen molar-refractivity contribution in [2.24, 2.45) is 0 Å². The third-order valence-electron chi connectivity index (χ3n) is 6.66. The van der Waals surface area contributed by atoms with Gasteiger partial charge in [-0.25, -0.2) is 0 Å². The summed E-state index contributed by atoms with van der Waals surface area (Å²) in [4.78, 5) is 18.3. The minimum Gasteiger partial charge on any atom is -0.367 e. The van der Waals surface area contributed by atoms with Gasteiger partial charge in [0, 0.05) is 50.0 Å². The van der Waals surface area contributed by atoms with Gasteiger partial charge in [-0.15, -0.1) is 0 Å². The number of anilines is 1. The van der Waals surface area contributed by atoms with E-state index >= 15 is 0 Å². The fourth-order valence-electron chi connectivity index (χ4n) is 4.48. The molecule has 0 bridgehead atoms. The predicted octanol–water partition coefficient (Wildman–Crippen LogP) is 4.13. The first-order valence-corrected chi connectivity index (χ1v) is 11.4. The van der Waals surface area contributed by atoms with Gasteiger partial charge < -0.3 is 19.7 Å². The fourth-order valence-corrected chi connectivity index (χ4v) is 4.48. The second kappa shape index (κ2) is 9.69. The third kappa shape index (κ3) is 4.56. The van der Waals surface area contributed by atoms with Crippen molar-refractivity contribution in [3.63, 3.8) is 0 Å². The summed E-state index contributed by atoms with van der Waals surface area (Å²) in [5.41, 5.74) is 6.87. The van der Waals surface area contributed by atoms with Gasteiger partial charge in [-0.3, -0.25) is 4.79 Å². The van der Waals surface area contributed by atoms with Gasteiger partial charge in [0.05, 0.1) is 5.69 Å². The van der Waals surface area contributed by atoms with E-state index in [0.29, 0.717) is 0 Å². The standard InChI is InChI=1S/C25H38N4O/c1-7-19(4)26-25(30)24-20(5)23(28-15-13-27(8-2)14-16-28)21(6)29(24)17-22-12-10-9-11-18(22)3/h9-12,19H,7-8,13-17H2,1-6H3,(H,26,30)/t19-/m1/s1.